The molecule has 1 unspecified atom stereocenters. The van der Waals surface area contributed by atoms with Crippen LogP contribution in [0, 0.1) is 5.82 Å². The molecule has 1 atom stereocenters. The number of nitrogens with zero attached hydrogens (tertiary/aromatic N) is 3. The van der Waals surface area contributed by atoms with Gasteiger partial charge in [0.1, 0.15) is 23.3 Å². The van der Waals surface area contributed by atoms with Gasteiger partial charge in [0.2, 0.25) is 5.89 Å². The smallest absolute Gasteiger partial charge is 0.273 e. The maximum absolute atomic E-state index is 13.5. The van der Waals surface area contributed by atoms with Crippen LogP contribution < -0.4 is 0 Å². The van der Waals surface area contributed by atoms with Gasteiger partial charge in [-0.25, -0.2) is 9.37 Å². The van der Waals surface area contributed by atoms with E-state index in [2.05, 4.69) is 9.97 Å². The molecule has 0 spiro atoms. The highest BCUT2D eigenvalue weighted by Gasteiger charge is 2.33. The van der Waals surface area contributed by atoms with Crippen LogP contribution in [0.3, 0.4) is 0 Å². The van der Waals surface area contributed by atoms with Gasteiger partial charge in [-0.3, -0.25) is 9.78 Å². The van der Waals surface area contributed by atoms with E-state index in [1.807, 2.05) is 35.2 Å². The van der Waals surface area contributed by atoms with E-state index < -0.39 is 0 Å². The quantitative estimate of drug-likeness (QED) is 0.453. The van der Waals surface area contributed by atoms with Gasteiger partial charge in [0, 0.05) is 24.5 Å². The van der Waals surface area contributed by atoms with Gasteiger partial charge in [0.25, 0.3) is 5.91 Å². The molecular weight excluding hydrogens is 393 g/mol. The van der Waals surface area contributed by atoms with E-state index in [1.165, 1.54) is 12.1 Å². The van der Waals surface area contributed by atoms with Crippen LogP contribution in [0.2, 0.25) is 0 Å². The van der Waals surface area contributed by atoms with Crippen molar-refractivity contribution in [2.45, 2.75) is 31.7 Å². The topological polar surface area (TPSA) is 59.2 Å². The number of hydrogen-bond acceptors (Lipinski definition) is 4. The van der Waals surface area contributed by atoms with Crippen molar-refractivity contribution in [1.82, 2.24) is 14.9 Å². The van der Waals surface area contributed by atoms with Crippen LogP contribution in [0.1, 0.15) is 53.0 Å². The summed E-state index contributed by atoms with van der Waals surface area (Å²) in [7, 11) is 0. The highest BCUT2D eigenvalue weighted by Crippen LogP contribution is 2.33. The van der Waals surface area contributed by atoms with Gasteiger partial charge < -0.3 is 9.32 Å². The maximum Gasteiger partial charge on any atom is 0.273 e. The predicted octanol–water partition coefficient (Wildman–Crippen LogP) is 5.32. The van der Waals surface area contributed by atoms with Crippen LogP contribution in [0.4, 0.5) is 4.39 Å². The van der Waals surface area contributed by atoms with Gasteiger partial charge in [-0.05, 0) is 48.4 Å². The van der Waals surface area contributed by atoms with Crippen molar-refractivity contribution < 1.29 is 13.6 Å². The summed E-state index contributed by atoms with van der Waals surface area (Å²) in [6, 6.07) is 15.8. The Labute approximate surface area is 179 Å². The third kappa shape index (κ3) is 3.93. The van der Waals surface area contributed by atoms with Gasteiger partial charge in [0.15, 0.2) is 0 Å². The summed E-state index contributed by atoms with van der Waals surface area (Å²) < 4.78 is 19.2. The molecule has 0 N–H and O–H groups in total. The van der Waals surface area contributed by atoms with E-state index in [-0.39, 0.29) is 17.8 Å². The van der Waals surface area contributed by atoms with Crippen LogP contribution in [0.15, 0.2) is 71.4 Å². The van der Waals surface area contributed by atoms with Gasteiger partial charge in [0.05, 0.1) is 6.20 Å². The second-order valence-electron chi connectivity index (χ2n) is 7.86. The summed E-state index contributed by atoms with van der Waals surface area (Å²) in [6.07, 6.45) is 6.65. The van der Waals surface area contributed by atoms with Crippen LogP contribution in [-0.2, 0) is 6.42 Å². The number of rotatable bonds is 4. The summed E-state index contributed by atoms with van der Waals surface area (Å²) in [5, 5.41) is 1.84. The van der Waals surface area contributed by atoms with E-state index in [1.54, 1.807) is 24.5 Å². The third-order valence-corrected chi connectivity index (χ3v) is 5.79. The van der Waals surface area contributed by atoms with Crippen molar-refractivity contribution in [2.75, 3.05) is 6.54 Å². The molecule has 6 heteroatoms. The molecule has 156 valence electrons. The van der Waals surface area contributed by atoms with E-state index in [4.69, 9.17) is 4.42 Å². The summed E-state index contributed by atoms with van der Waals surface area (Å²) in [5.74, 6) is 0.883. The molecule has 1 aliphatic rings. The zero-order valence-electron chi connectivity index (χ0n) is 17.0. The number of benzene rings is 2. The Morgan fingerprint density at radius 1 is 1.06 bits per heavy atom. The Morgan fingerprint density at radius 3 is 2.77 bits per heavy atom. The number of aromatic nitrogens is 2. The lowest BCUT2D eigenvalue weighted by Crippen LogP contribution is -2.39. The Balaban J connectivity index is 1.41. The molecule has 1 saturated heterocycles. The summed E-state index contributed by atoms with van der Waals surface area (Å²) in [5.41, 5.74) is 1.41. The van der Waals surface area contributed by atoms with E-state index in [9.17, 15) is 9.18 Å². The van der Waals surface area contributed by atoms with Crippen LogP contribution in [0.5, 0.6) is 0 Å². The predicted molar refractivity (Wildman–Crippen MR) is 115 cm³/mol. The molecule has 0 saturated carbocycles. The second-order valence-corrected chi connectivity index (χ2v) is 7.86. The molecule has 3 heterocycles. The molecule has 2 aromatic carbocycles. The van der Waals surface area contributed by atoms with E-state index in [0.29, 0.717) is 30.3 Å². The number of carbonyl (C=O) groups is 1. The molecule has 5 nitrogen and oxygen atoms in total. The van der Waals surface area contributed by atoms with Crippen molar-refractivity contribution in [1.29, 1.82) is 0 Å². The molecule has 1 aliphatic heterocycles. The number of fused-ring (bicyclic) bond motifs is 1. The first kappa shape index (κ1) is 19.4. The van der Waals surface area contributed by atoms with Crippen molar-refractivity contribution >= 4 is 16.7 Å². The lowest BCUT2D eigenvalue weighted by molar-refractivity contribution is 0.0566. The SMILES string of the molecule is O=C(c1nccc2ccccc12)N1CCCCC1c1ncc(Cc2ccc(F)cc2)o1. The fourth-order valence-corrected chi connectivity index (χ4v) is 4.22. The molecule has 2 aromatic heterocycles. The average molecular weight is 415 g/mol. The Bertz CT molecular complexity index is 1210. The van der Waals surface area contributed by atoms with Crippen molar-refractivity contribution in [2.24, 2.45) is 0 Å². The fraction of sp³-hybridized carbons (Fsp3) is 0.240. The number of oxazole rings is 1. The highest BCUT2D eigenvalue weighted by molar-refractivity contribution is 6.05. The number of pyridine rings is 1. The van der Waals surface area contributed by atoms with Gasteiger partial charge in [-0.1, -0.05) is 36.4 Å². The standard InChI is InChI=1S/C25H22FN3O2/c26-19-10-8-17(9-11-19)15-20-16-28-24(31-20)22-7-3-4-14-29(22)25(30)23-21-6-2-1-5-18(21)12-13-27-23/h1-2,5-6,8-13,16,22H,3-4,7,14-15H2. The van der Waals surface area contributed by atoms with Gasteiger partial charge in [-0.15, -0.1) is 0 Å². The van der Waals surface area contributed by atoms with Crippen LogP contribution >= 0.6 is 0 Å². The number of piperidine rings is 1. The second kappa shape index (κ2) is 8.30. The first-order chi connectivity index (χ1) is 15.2. The average Bonchev–Trinajstić information content (AvgIpc) is 3.28. The number of hydrogen-bond donors (Lipinski definition) is 0. The van der Waals surface area contributed by atoms with E-state index in [0.717, 1.165) is 35.6 Å². The van der Waals surface area contributed by atoms with Crippen molar-refractivity contribution in [3.8, 4) is 0 Å². The summed E-state index contributed by atoms with van der Waals surface area (Å²) in [6.45, 7) is 0.643. The molecule has 0 radical (unpaired) electrons. The zero-order valence-corrected chi connectivity index (χ0v) is 17.0. The molecule has 0 aliphatic carbocycles. The first-order valence-corrected chi connectivity index (χ1v) is 10.5. The van der Waals surface area contributed by atoms with Crippen LogP contribution in [0.25, 0.3) is 10.8 Å². The molecule has 1 fully saturated rings. The van der Waals surface area contributed by atoms with Crippen molar-refractivity contribution in [3.05, 3.63) is 95.7 Å². The first-order valence-electron chi connectivity index (χ1n) is 10.5. The Hall–Kier alpha value is -3.54. The minimum atomic E-state index is -0.264. The monoisotopic (exact) mass is 415 g/mol. The highest BCUT2D eigenvalue weighted by atomic mass is 19.1. The fourth-order valence-electron chi connectivity index (χ4n) is 4.22. The summed E-state index contributed by atoms with van der Waals surface area (Å²) >= 11 is 0. The van der Waals surface area contributed by atoms with E-state index >= 15 is 0 Å². The zero-order chi connectivity index (χ0) is 21.2. The molecule has 0 bridgehead atoms. The Kier molecular flexibility index (Phi) is 5.20. The third-order valence-electron chi connectivity index (χ3n) is 5.79. The van der Waals surface area contributed by atoms with Gasteiger partial charge in [-0.2, -0.15) is 0 Å². The maximum atomic E-state index is 13.5. The van der Waals surface area contributed by atoms with Crippen molar-refractivity contribution in [3.63, 3.8) is 0 Å². The number of halogens is 1. The molecular formula is C25H22FN3O2. The molecule has 1 amide bonds. The molecule has 4 aromatic rings. The largest absolute Gasteiger partial charge is 0.443 e. The normalized spacial score (nSPS) is 16.5. The van der Waals surface area contributed by atoms with Gasteiger partial charge >= 0.3 is 0 Å². The Morgan fingerprint density at radius 2 is 1.90 bits per heavy atom. The molecule has 31 heavy (non-hydrogen) atoms. The lowest BCUT2D eigenvalue weighted by Gasteiger charge is -2.33. The number of amides is 1. The number of carbonyl (C=O) groups excluding carboxylic acids is 1. The minimum Gasteiger partial charge on any atom is -0.443 e. The number of likely N-dealkylation sites (tertiary alicyclic amines) is 1. The van der Waals surface area contributed by atoms with Crippen LogP contribution in [-0.4, -0.2) is 27.3 Å². The summed E-state index contributed by atoms with van der Waals surface area (Å²) in [4.78, 5) is 24.2. The minimum absolute atomic E-state index is 0.0974. The molecule has 5 rings (SSSR count). The lowest BCUT2D eigenvalue weighted by atomic mass is 10.0.